The summed E-state index contributed by atoms with van der Waals surface area (Å²) >= 11 is 0. The van der Waals surface area contributed by atoms with Crippen LogP contribution in [0, 0.1) is 5.92 Å². The van der Waals surface area contributed by atoms with Gasteiger partial charge in [0.15, 0.2) is 0 Å². The van der Waals surface area contributed by atoms with Gasteiger partial charge in [0.25, 0.3) is 0 Å². The van der Waals surface area contributed by atoms with Gasteiger partial charge in [0, 0.05) is 24.3 Å². The van der Waals surface area contributed by atoms with Crippen molar-refractivity contribution in [1.29, 1.82) is 0 Å². The smallest absolute Gasteiger partial charge is 0.0346 e. The molecule has 1 aromatic heterocycles. The highest BCUT2D eigenvalue weighted by Gasteiger charge is 2.04. The summed E-state index contributed by atoms with van der Waals surface area (Å²) in [5.74, 6) is 0.785. The lowest BCUT2D eigenvalue weighted by atomic mass is 10.0. The van der Waals surface area contributed by atoms with Crippen molar-refractivity contribution >= 4 is 10.8 Å². The Balaban J connectivity index is 2.03. The molecule has 1 N–H and O–H groups in total. The molecule has 0 saturated heterocycles. The highest BCUT2D eigenvalue weighted by atomic mass is 14.9. The van der Waals surface area contributed by atoms with Crippen LogP contribution in [0.5, 0.6) is 0 Å². The molecule has 0 fully saturated rings. The summed E-state index contributed by atoms with van der Waals surface area (Å²) in [5, 5.41) is 6.09. The van der Waals surface area contributed by atoms with Crippen LogP contribution in [-0.4, -0.2) is 11.5 Å². The van der Waals surface area contributed by atoms with Gasteiger partial charge < -0.3 is 5.32 Å². The van der Waals surface area contributed by atoms with Gasteiger partial charge in [0.05, 0.1) is 0 Å². The predicted molar refractivity (Wildman–Crippen MR) is 77.5 cm³/mol. The summed E-state index contributed by atoms with van der Waals surface area (Å²) in [4.78, 5) is 4.31. The van der Waals surface area contributed by atoms with E-state index in [0.717, 1.165) is 19.0 Å². The Labute approximate surface area is 109 Å². The first-order valence-electron chi connectivity index (χ1n) is 6.87. The van der Waals surface area contributed by atoms with Crippen molar-refractivity contribution in [2.45, 2.75) is 33.2 Å². The Kier molecular flexibility index (Phi) is 4.71. The molecular weight excluding hydrogens is 220 g/mol. The zero-order valence-electron chi connectivity index (χ0n) is 11.3. The quantitative estimate of drug-likeness (QED) is 0.834. The molecule has 0 radical (unpaired) electrons. The molecular formula is C16H22N2. The van der Waals surface area contributed by atoms with E-state index in [1.807, 2.05) is 12.4 Å². The fourth-order valence-corrected chi connectivity index (χ4v) is 2.31. The molecule has 0 aliphatic heterocycles. The number of nitrogens with zero attached hydrogens (tertiary/aromatic N) is 1. The van der Waals surface area contributed by atoms with E-state index in [-0.39, 0.29) is 0 Å². The van der Waals surface area contributed by atoms with E-state index in [1.165, 1.54) is 29.2 Å². The first-order chi connectivity index (χ1) is 8.85. The van der Waals surface area contributed by atoms with E-state index in [2.05, 4.69) is 48.4 Å². The van der Waals surface area contributed by atoms with E-state index in [9.17, 15) is 0 Å². The molecule has 96 valence electrons. The average molecular weight is 242 g/mol. The highest BCUT2D eigenvalue weighted by molar-refractivity contribution is 5.84. The number of aromatic nitrogens is 1. The molecule has 0 amide bonds. The summed E-state index contributed by atoms with van der Waals surface area (Å²) in [7, 11) is 0. The number of pyridine rings is 1. The molecule has 0 aliphatic carbocycles. The molecule has 2 aromatic rings. The normalized spacial score (nSPS) is 11.3. The van der Waals surface area contributed by atoms with Crippen LogP contribution in [0.4, 0.5) is 0 Å². The minimum absolute atomic E-state index is 0.785. The summed E-state index contributed by atoms with van der Waals surface area (Å²) < 4.78 is 0. The van der Waals surface area contributed by atoms with E-state index in [4.69, 9.17) is 0 Å². The van der Waals surface area contributed by atoms with Crippen molar-refractivity contribution in [3.8, 4) is 0 Å². The van der Waals surface area contributed by atoms with Gasteiger partial charge in [0.1, 0.15) is 0 Å². The molecule has 0 aliphatic rings. The Bertz CT molecular complexity index is 484. The first-order valence-corrected chi connectivity index (χ1v) is 6.87. The minimum Gasteiger partial charge on any atom is -0.312 e. The highest BCUT2D eigenvalue weighted by Crippen LogP contribution is 2.16. The summed E-state index contributed by atoms with van der Waals surface area (Å²) in [6.07, 6.45) is 6.40. The number of benzene rings is 1. The van der Waals surface area contributed by atoms with Crippen LogP contribution in [0.15, 0.2) is 36.7 Å². The second-order valence-electron chi connectivity index (χ2n) is 4.83. The van der Waals surface area contributed by atoms with Crippen LogP contribution in [0.25, 0.3) is 10.8 Å². The number of nitrogens with one attached hydrogen (secondary N) is 1. The van der Waals surface area contributed by atoms with Crippen LogP contribution in [0.1, 0.15) is 32.3 Å². The zero-order chi connectivity index (χ0) is 12.8. The molecule has 2 rings (SSSR count). The average Bonchev–Trinajstić information content (AvgIpc) is 2.44. The van der Waals surface area contributed by atoms with Crippen LogP contribution in [0.2, 0.25) is 0 Å². The van der Waals surface area contributed by atoms with Crippen molar-refractivity contribution in [3.05, 3.63) is 42.2 Å². The second-order valence-corrected chi connectivity index (χ2v) is 4.83. The standard InChI is InChI=1S/C16H22N2/c1-3-13(4-2)9-17-11-15-12-18-10-14-7-5-6-8-16(14)15/h5-8,10,12-13,17H,3-4,9,11H2,1-2H3. The lowest BCUT2D eigenvalue weighted by Gasteiger charge is -2.13. The van der Waals surface area contributed by atoms with Gasteiger partial charge >= 0.3 is 0 Å². The van der Waals surface area contributed by atoms with Gasteiger partial charge in [-0.15, -0.1) is 0 Å². The first kappa shape index (κ1) is 13.0. The van der Waals surface area contributed by atoms with Crippen molar-refractivity contribution < 1.29 is 0 Å². The van der Waals surface area contributed by atoms with E-state index >= 15 is 0 Å². The molecule has 0 saturated carbocycles. The van der Waals surface area contributed by atoms with E-state index in [1.54, 1.807) is 0 Å². The zero-order valence-corrected chi connectivity index (χ0v) is 11.3. The molecule has 0 spiro atoms. The van der Waals surface area contributed by atoms with Crippen LogP contribution >= 0.6 is 0 Å². The van der Waals surface area contributed by atoms with Crippen molar-refractivity contribution in [1.82, 2.24) is 10.3 Å². The van der Waals surface area contributed by atoms with Gasteiger partial charge in [-0.3, -0.25) is 4.98 Å². The largest absolute Gasteiger partial charge is 0.312 e. The van der Waals surface area contributed by atoms with Gasteiger partial charge in [-0.05, 0) is 23.4 Å². The Hall–Kier alpha value is -1.41. The van der Waals surface area contributed by atoms with E-state index in [0.29, 0.717) is 0 Å². The number of hydrogen-bond donors (Lipinski definition) is 1. The fourth-order valence-electron chi connectivity index (χ4n) is 2.31. The molecule has 0 unspecified atom stereocenters. The topological polar surface area (TPSA) is 24.9 Å². The molecule has 18 heavy (non-hydrogen) atoms. The van der Waals surface area contributed by atoms with Crippen LogP contribution in [0.3, 0.4) is 0 Å². The SMILES string of the molecule is CCC(CC)CNCc1cncc2ccccc12. The van der Waals surface area contributed by atoms with Crippen LogP contribution < -0.4 is 5.32 Å². The van der Waals surface area contributed by atoms with E-state index < -0.39 is 0 Å². The number of hydrogen-bond acceptors (Lipinski definition) is 2. The Morgan fingerprint density at radius 1 is 1.11 bits per heavy atom. The summed E-state index contributed by atoms with van der Waals surface area (Å²) in [6, 6.07) is 8.44. The summed E-state index contributed by atoms with van der Waals surface area (Å²) in [5.41, 5.74) is 1.29. The molecule has 0 bridgehead atoms. The molecule has 0 atom stereocenters. The molecule has 2 heteroatoms. The number of rotatable bonds is 6. The maximum atomic E-state index is 4.31. The minimum atomic E-state index is 0.785. The lowest BCUT2D eigenvalue weighted by Crippen LogP contribution is -2.21. The Morgan fingerprint density at radius 2 is 1.89 bits per heavy atom. The lowest BCUT2D eigenvalue weighted by molar-refractivity contribution is 0.450. The summed E-state index contributed by atoms with van der Waals surface area (Å²) in [6.45, 7) is 6.52. The molecule has 1 heterocycles. The fraction of sp³-hybridized carbons (Fsp3) is 0.438. The van der Waals surface area contributed by atoms with Crippen LogP contribution in [-0.2, 0) is 6.54 Å². The molecule has 2 nitrogen and oxygen atoms in total. The maximum absolute atomic E-state index is 4.31. The van der Waals surface area contributed by atoms with Crippen molar-refractivity contribution in [2.75, 3.05) is 6.54 Å². The van der Waals surface area contributed by atoms with Gasteiger partial charge in [-0.2, -0.15) is 0 Å². The van der Waals surface area contributed by atoms with Gasteiger partial charge in [0.2, 0.25) is 0 Å². The second kappa shape index (κ2) is 6.50. The van der Waals surface area contributed by atoms with Gasteiger partial charge in [-0.25, -0.2) is 0 Å². The monoisotopic (exact) mass is 242 g/mol. The number of fused-ring (bicyclic) bond motifs is 1. The molecule has 1 aromatic carbocycles. The third kappa shape index (κ3) is 3.08. The predicted octanol–water partition coefficient (Wildman–Crippen LogP) is 3.76. The maximum Gasteiger partial charge on any atom is 0.0346 e. The Morgan fingerprint density at radius 3 is 2.67 bits per heavy atom. The van der Waals surface area contributed by atoms with Crippen molar-refractivity contribution in [3.63, 3.8) is 0 Å². The van der Waals surface area contributed by atoms with Crippen molar-refractivity contribution in [2.24, 2.45) is 5.92 Å². The third-order valence-corrected chi connectivity index (χ3v) is 3.65. The van der Waals surface area contributed by atoms with Gasteiger partial charge in [-0.1, -0.05) is 51.0 Å². The third-order valence-electron chi connectivity index (χ3n) is 3.65.